The van der Waals surface area contributed by atoms with Crippen molar-refractivity contribution in [2.24, 2.45) is 15.9 Å². The van der Waals surface area contributed by atoms with Gasteiger partial charge in [-0.3, -0.25) is 9.79 Å². The zero-order valence-electron chi connectivity index (χ0n) is 27.4. The van der Waals surface area contributed by atoms with Gasteiger partial charge in [0.2, 0.25) is 0 Å². The lowest BCUT2D eigenvalue weighted by molar-refractivity contribution is -0.113. The van der Waals surface area contributed by atoms with Gasteiger partial charge in [0.05, 0.1) is 17.3 Å². The molecule has 0 bridgehead atoms. The minimum Gasteiger partial charge on any atom is -0.485 e. The third-order valence-corrected chi connectivity index (χ3v) is 10.3. The summed E-state index contributed by atoms with van der Waals surface area (Å²) in [5.41, 5.74) is 7.02. The molecule has 0 spiro atoms. The van der Waals surface area contributed by atoms with Crippen LogP contribution in [0.4, 0.5) is 0 Å². The van der Waals surface area contributed by atoms with Crippen molar-refractivity contribution in [2.75, 3.05) is 0 Å². The van der Waals surface area contributed by atoms with Crippen LogP contribution >= 0.6 is 0 Å². The van der Waals surface area contributed by atoms with Crippen LogP contribution in [0.5, 0.6) is 0 Å². The van der Waals surface area contributed by atoms with E-state index in [0.29, 0.717) is 25.2 Å². The zero-order chi connectivity index (χ0) is 32.8. The molecule has 0 aromatic heterocycles. The van der Waals surface area contributed by atoms with E-state index in [9.17, 15) is 4.79 Å². The van der Waals surface area contributed by atoms with Gasteiger partial charge in [0, 0.05) is 23.1 Å². The summed E-state index contributed by atoms with van der Waals surface area (Å²) in [6.07, 6.45) is 7.56. The van der Waals surface area contributed by atoms with Crippen LogP contribution in [0.1, 0.15) is 62.1 Å². The Kier molecular flexibility index (Phi) is 7.84. The molecule has 8 rings (SSSR count). The summed E-state index contributed by atoms with van der Waals surface area (Å²) in [5.74, 6) is 0.809. The average molecular weight is 629 g/mol. The summed E-state index contributed by atoms with van der Waals surface area (Å²) in [4.78, 5) is 23.9. The quantitative estimate of drug-likeness (QED) is 0.248. The Bertz CT molecular complexity index is 2410. The minimum absolute atomic E-state index is 0.0440. The van der Waals surface area contributed by atoms with Crippen LogP contribution in [0.15, 0.2) is 106 Å². The molecule has 1 radical (unpaired) electrons. The molecule has 48 heavy (non-hydrogen) atoms. The zero-order valence-corrected chi connectivity index (χ0v) is 27.4. The molecule has 0 fully saturated rings. The molecule has 0 amide bonds. The Labute approximate surface area is 280 Å². The Balaban J connectivity index is 1.34. The number of ether oxygens (including phenoxy) is 1. The van der Waals surface area contributed by atoms with Gasteiger partial charge in [-0.05, 0) is 80.5 Å². The number of ketones is 1. The molecule has 2 aliphatic carbocycles. The third-order valence-electron chi connectivity index (χ3n) is 10.3. The first-order chi connectivity index (χ1) is 23.5. The second kappa shape index (κ2) is 12.5. The topological polar surface area (TPSA) is 74.9 Å². The fourth-order valence-corrected chi connectivity index (χ4v) is 8.08. The number of rotatable bonds is 9. The molecule has 4 aliphatic rings. The number of dihydropyridines is 1. The Hall–Kier alpha value is -5.16. The summed E-state index contributed by atoms with van der Waals surface area (Å²) in [7, 11) is 0. The van der Waals surface area contributed by atoms with E-state index in [-0.39, 0.29) is 29.4 Å². The smallest absolute Gasteiger partial charge is 0.176 e. The predicted octanol–water partition coefficient (Wildman–Crippen LogP) is 5.53. The maximum atomic E-state index is 13.5. The van der Waals surface area contributed by atoms with Crippen LogP contribution in [0.2, 0.25) is 0 Å². The number of carbonyl (C=O) groups excluding carboxylic acids is 1. The molecule has 3 unspecified atom stereocenters. The van der Waals surface area contributed by atoms with Crippen molar-refractivity contribution in [3.8, 4) is 0 Å². The number of aliphatic imine (C=N–C) groups is 1. The summed E-state index contributed by atoms with van der Waals surface area (Å²) in [6, 6.07) is 32.2. The number of hydrogen-bond acceptors (Lipinski definition) is 5. The van der Waals surface area contributed by atoms with E-state index in [2.05, 4.69) is 73.7 Å². The van der Waals surface area contributed by atoms with E-state index < -0.39 is 0 Å². The van der Waals surface area contributed by atoms with Crippen molar-refractivity contribution < 1.29 is 9.53 Å². The molecule has 0 saturated heterocycles. The number of hydrogen-bond donors (Lipinski definition) is 1. The highest BCUT2D eigenvalue weighted by Crippen LogP contribution is 2.40. The summed E-state index contributed by atoms with van der Waals surface area (Å²) in [5, 5.41) is 15.4. The van der Waals surface area contributed by atoms with E-state index in [4.69, 9.17) is 20.1 Å². The highest BCUT2D eigenvalue weighted by Gasteiger charge is 2.37. The predicted molar refractivity (Wildman–Crippen MR) is 190 cm³/mol. The Morgan fingerprint density at radius 3 is 2.65 bits per heavy atom. The van der Waals surface area contributed by atoms with Crippen LogP contribution in [0.3, 0.4) is 0 Å². The molecular weight excluding hydrogens is 590 g/mol. The first-order valence-corrected chi connectivity index (χ1v) is 17.1. The summed E-state index contributed by atoms with van der Waals surface area (Å²) in [6.45, 7) is 4.73. The van der Waals surface area contributed by atoms with Gasteiger partial charge in [0.15, 0.2) is 11.5 Å². The van der Waals surface area contributed by atoms with E-state index in [0.717, 1.165) is 52.2 Å². The number of allylic oxidation sites excluding steroid dienone is 1. The van der Waals surface area contributed by atoms with E-state index in [1.54, 1.807) is 0 Å². The fraction of sp³-hybridized carbons (Fsp3) is 0.256. The second-order valence-electron chi connectivity index (χ2n) is 13.3. The van der Waals surface area contributed by atoms with Crippen molar-refractivity contribution in [3.63, 3.8) is 0 Å². The highest BCUT2D eigenvalue weighted by atomic mass is 16.5. The first kappa shape index (κ1) is 30.2. The van der Waals surface area contributed by atoms with Gasteiger partial charge in [-0.25, -0.2) is 4.99 Å². The number of benzene rings is 4. The van der Waals surface area contributed by atoms with E-state index in [1.165, 1.54) is 32.0 Å². The molecule has 3 atom stereocenters. The van der Waals surface area contributed by atoms with Gasteiger partial charge in [0.1, 0.15) is 18.3 Å². The number of carbonyl (C=O) groups is 1. The number of Topliss-reactive ketones (excluding diaryl/α,β-unsaturated/α-hetero) is 1. The molecule has 1 N–H and O–H groups in total. The van der Waals surface area contributed by atoms with Gasteiger partial charge in [-0.1, -0.05) is 105 Å². The lowest BCUT2D eigenvalue weighted by atomic mass is 9.73. The maximum absolute atomic E-state index is 13.5. The summed E-state index contributed by atoms with van der Waals surface area (Å²) >= 11 is 0. The molecule has 5 heteroatoms. The average Bonchev–Trinajstić information content (AvgIpc) is 3.51. The molecule has 2 heterocycles. The molecule has 4 aromatic carbocycles. The number of fused-ring (bicyclic) bond motifs is 6. The maximum Gasteiger partial charge on any atom is 0.176 e. The molecule has 5 nitrogen and oxygen atoms in total. The number of nitrogens with zero attached hydrogens (tertiary/aromatic N) is 2. The lowest BCUT2D eigenvalue weighted by Gasteiger charge is -2.33. The van der Waals surface area contributed by atoms with Crippen molar-refractivity contribution >= 4 is 34.9 Å². The second-order valence-corrected chi connectivity index (χ2v) is 13.3. The monoisotopic (exact) mass is 628 g/mol. The van der Waals surface area contributed by atoms with Crippen LogP contribution in [0.25, 0.3) is 17.2 Å². The molecule has 237 valence electrons. The Morgan fingerprint density at radius 2 is 1.79 bits per heavy atom. The fourth-order valence-electron chi connectivity index (χ4n) is 8.08. The van der Waals surface area contributed by atoms with Gasteiger partial charge in [-0.15, -0.1) is 0 Å². The van der Waals surface area contributed by atoms with Crippen LogP contribution in [-0.4, -0.2) is 23.8 Å². The highest BCUT2D eigenvalue weighted by molar-refractivity contribution is 6.38. The largest absolute Gasteiger partial charge is 0.485 e. The van der Waals surface area contributed by atoms with Crippen molar-refractivity contribution in [1.82, 2.24) is 0 Å². The molecule has 4 aromatic rings. The van der Waals surface area contributed by atoms with Crippen LogP contribution in [0, 0.1) is 27.8 Å². The summed E-state index contributed by atoms with van der Waals surface area (Å²) < 4.78 is 6.40. The third kappa shape index (κ3) is 5.18. The van der Waals surface area contributed by atoms with E-state index in [1.807, 2.05) is 43.5 Å². The standard InChI is InChI=1S/C43H38N3O2/c1-3-11-35(44)37(47)23-29-18-19-32-33(21-20-31-30-15-8-7-14-28(30)22-26(2)39(31)32)40(29)43-41-34-16-9-10-17-36(34)46-42(41)38(24-45-43)48-25-27-12-5-4-6-13-27/h4-9,12-17,20-22,24,26,29,43-44H,3,11,18-19,23,25H2,1-2H3. The van der Waals surface area contributed by atoms with Gasteiger partial charge >= 0.3 is 0 Å². The SMILES string of the molecule is CCCC(=N)C(=O)CC1CCc2c3c(ccc2=C1C1N=CC(OCc2ccccc2)=C2N=c4c[c]ccc4=C21)=c1ccccc1=CC3C. The molecule has 2 aliphatic heterocycles. The van der Waals surface area contributed by atoms with Gasteiger partial charge in [-0.2, -0.15) is 0 Å². The first-order valence-electron chi connectivity index (χ1n) is 17.1. The molecule has 0 saturated carbocycles. The Morgan fingerprint density at radius 1 is 0.979 bits per heavy atom. The van der Waals surface area contributed by atoms with Gasteiger partial charge in [0.25, 0.3) is 0 Å². The minimum atomic E-state index is -0.332. The van der Waals surface area contributed by atoms with Crippen molar-refractivity contribution in [1.29, 1.82) is 5.41 Å². The molecular formula is C43H38N3O2. The van der Waals surface area contributed by atoms with Crippen molar-refractivity contribution in [2.45, 2.75) is 64.5 Å². The van der Waals surface area contributed by atoms with E-state index >= 15 is 0 Å². The van der Waals surface area contributed by atoms with Gasteiger partial charge < -0.3 is 10.1 Å². The normalized spacial score (nSPS) is 20.1. The number of nitrogens with one attached hydrogen (secondary N) is 1. The van der Waals surface area contributed by atoms with Crippen LogP contribution in [-0.2, 0) is 22.6 Å². The van der Waals surface area contributed by atoms with Crippen LogP contribution < -0.4 is 21.0 Å². The lowest BCUT2D eigenvalue weighted by Crippen LogP contribution is -2.37. The van der Waals surface area contributed by atoms with Crippen molar-refractivity contribution in [3.05, 3.63) is 151 Å².